The van der Waals surface area contributed by atoms with Gasteiger partial charge in [0.2, 0.25) is 0 Å². The Bertz CT molecular complexity index is 195. The molecule has 0 spiro atoms. The zero-order valence-corrected chi connectivity index (χ0v) is 11.5. The second-order valence-corrected chi connectivity index (χ2v) is 5.73. The lowest BCUT2D eigenvalue weighted by Crippen LogP contribution is -2.19. The van der Waals surface area contributed by atoms with Gasteiger partial charge in [0.05, 0.1) is 24.4 Å². The summed E-state index contributed by atoms with van der Waals surface area (Å²) in [4.78, 5) is 0. The fraction of sp³-hybridized carbons (Fsp3) is 1.00. The Labute approximate surface area is 106 Å². The maximum Gasteiger partial charge on any atom is 0.0604 e. The molecule has 0 saturated carbocycles. The molecule has 2 heteroatoms. The van der Waals surface area contributed by atoms with Gasteiger partial charge in [0.25, 0.3) is 0 Å². The van der Waals surface area contributed by atoms with Gasteiger partial charge in [0, 0.05) is 0 Å². The van der Waals surface area contributed by atoms with Gasteiger partial charge in [-0.3, -0.25) is 0 Å². The molecule has 0 aromatic heterocycles. The molecule has 2 nitrogen and oxygen atoms in total. The SMILES string of the molecule is CCCC1CCC(CC2CCC(CCC)O2)O1. The van der Waals surface area contributed by atoms with E-state index in [4.69, 9.17) is 9.47 Å². The lowest BCUT2D eigenvalue weighted by molar-refractivity contribution is -0.0183. The Morgan fingerprint density at radius 2 is 1.12 bits per heavy atom. The maximum absolute atomic E-state index is 6.08. The monoisotopic (exact) mass is 240 g/mol. The van der Waals surface area contributed by atoms with Crippen LogP contribution in [-0.4, -0.2) is 24.4 Å². The second kappa shape index (κ2) is 6.75. The summed E-state index contributed by atoms with van der Waals surface area (Å²) in [6, 6.07) is 0. The molecule has 2 aliphatic rings. The van der Waals surface area contributed by atoms with Crippen LogP contribution in [0, 0.1) is 0 Å². The summed E-state index contributed by atoms with van der Waals surface area (Å²) in [5.74, 6) is 0. The lowest BCUT2D eigenvalue weighted by atomic mass is 10.0. The largest absolute Gasteiger partial charge is 0.375 e. The minimum atomic E-state index is 0.483. The van der Waals surface area contributed by atoms with Crippen LogP contribution >= 0.6 is 0 Å². The Balaban J connectivity index is 1.65. The molecule has 2 saturated heterocycles. The van der Waals surface area contributed by atoms with Crippen molar-refractivity contribution in [2.45, 2.75) is 96.1 Å². The highest BCUT2D eigenvalue weighted by atomic mass is 16.5. The average molecular weight is 240 g/mol. The van der Waals surface area contributed by atoms with Crippen LogP contribution in [0.4, 0.5) is 0 Å². The van der Waals surface area contributed by atoms with Crippen LogP contribution in [0.2, 0.25) is 0 Å². The molecule has 17 heavy (non-hydrogen) atoms. The Kier molecular flexibility index (Phi) is 5.30. The standard InChI is InChI=1S/C15H28O2/c1-3-5-12-7-9-14(16-12)11-15-10-8-13(17-15)6-4-2/h12-15H,3-11H2,1-2H3. The molecule has 100 valence electrons. The fourth-order valence-corrected chi connectivity index (χ4v) is 3.27. The van der Waals surface area contributed by atoms with E-state index in [1.54, 1.807) is 0 Å². The van der Waals surface area contributed by atoms with E-state index in [9.17, 15) is 0 Å². The summed E-state index contributed by atoms with van der Waals surface area (Å²) in [7, 11) is 0. The summed E-state index contributed by atoms with van der Waals surface area (Å²) in [5.41, 5.74) is 0. The Hall–Kier alpha value is -0.0800. The van der Waals surface area contributed by atoms with Gasteiger partial charge >= 0.3 is 0 Å². The van der Waals surface area contributed by atoms with Crippen molar-refractivity contribution in [1.29, 1.82) is 0 Å². The third-order valence-corrected chi connectivity index (χ3v) is 4.14. The van der Waals surface area contributed by atoms with Crippen molar-refractivity contribution >= 4 is 0 Å². The molecular weight excluding hydrogens is 212 g/mol. The molecule has 0 N–H and O–H groups in total. The molecule has 2 fully saturated rings. The molecule has 2 aliphatic heterocycles. The summed E-state index contributed by atoms with van der Waals surface area (Å²) in [5, 5.41) is 0. The highest BCUT2D eigenvalue weighted by Gasteiger charge is 2.31. The molecule has 2 rings (SSSR count). The Morgan fingerprint density at radius 3 is 1.53 bits per heavy atom. The Morgan fingerprint density at radius 1 is 0.706 bits per heavy atom. The van der Waals surface area contributed by atoms with Gasteiger partial charge in [-0.05, 0) is 44.9 Å². The first-order valence-electron chi connectivity index (χ1n) is 7.62. The fourth-order valence-electron chi connectivity index (χ4n) is 3.27. The molecule has 0 amide bonds. The van der Waals surface area contributed by atoms with Gasteiger partial charge in [0.1, 0.15) is 0 Å². The smallest absolute Gasteiger partial charge is 0.0604 e. The predicted molar refractivity (Wildman–Crippen MR) is 70.2 cm³/mol. The highest BCUT2D eigenvalue weighted by Crippen LogP contribution is 2.31. The van der Waals surface area contributed by atoms with Crippen LogP contribution in [0.1, 0.15) is 71.6 Å². The summed E-state index contributed by atoms with van der Waals surface area (Å²) < 4.78 is 12.2. The second-order valence-electron chi connectivity index (χ2n) is 5.73. The normalized spacial score (nSPS) is 37.8. The van der Waals surface area contributed by atoms with Crippen LogP contribution in [-0.2, 0) is 9.47 Å². The molecular formula is C15H28O2. The summed E-state index contributed by atoms with van der Waals surface area (Å²) >= 11 is 0. The van der Waals surface area contributed by atoms with E-state index in [2.05, 4.69) is 13.8 Å². The molecule has 0 bridgehead atoms. The average Bonchev–Trinajstić information content (AvgIpc) is 2.91. The number of ether oxygens (including phenoxy) is 2. The topological polar surface area (TPSA) is 18.5 Å². The molecule has 4 unspecified atom stereocenters. The third kappa shape index (κ3) is 3.96. The maximum atomic E-state index is 6.08. The predicted octanol–water partition coefficient (Wildman–Crippen LogP) is 4.07. The van der Waals surface area contributed by atoms with Gasteiger partial charge in [-0.25, -0.2) is 0 Å². The first kappa shape index (κ1) is 13.4. The van der Waals surface area contributed by atoms with E-state index in [0.29, 0.717) is 24.4 Å². The van der Waals surface area contributed by atoms with Crippen molar-refractivity contribution in [3.63, 3.8) is 0 Å². The molecule has 0 aromatic rings. The number of hydrogen-bond acceptors (Lipinski definition) is 2. The van der Waals surface area contributed by atoms with Crippen LogP contribution in [0.5, 0.6) is 0 Å². The van der Waals surface area contributed by atoms with E-state index < -0.39 is 0 Å². The van der Waals surface area contributed by atoms with Gasteiger partial charge < -0.3 is 9.47 Å². The third-order valence-electron chi connectivity index (χ3n) is 4.14. The van der Waals surface area contributed by atoms with Crippen molar-refractivity contribution in [3.8, 4) is 0 Å². The zero-order chi connectivity index (χ0) is 12.1. The van der Waals surface area contributed by atoms with Crippen molar-refractivity contribution < 1.29 is 9.47 Å². The van der Waals surface area contributed by atoms with E-state index >= 15 is 0 Å². The van der Waals surface area contributed by atoms with Crippen molar-refractivity contribution in [2.75, 3.05) is 0 Å². The van der Waals surface area contributed by atoms with E-state index in [1.807, 2.05) is 0 Å². The van der Waals surface area contributed by atoms with E-state index in [0.717, 1.165) is 6.42 Å². The molecule has 4 atom stereocenters. The first-order chi connectivity index (χ1) is 8.31. The molecule has 0 aliphatic carbocycles. The number of hydrogen-bond donors (Lipinski definition) is 0. The quantitative estimate of drug-likeness (QED) is 0.696. The molecule has 0 aromatic carbocycles. The highest BCUT2D eigenvalue weighted by molar-refractivity contribution is 4.80. The molecule has 0 radical (unpaired) electrons. The minimum Gasteiger partial charge on any atom is -0.375 e. The lowest BCUT2D eigenvalue weighted by Gasteiger charge is -2.18. The van der Waals surface area contributed by atoms with Gasteiger partial charge in [-0.1, -0.05) is 26.7 Å². The number of rotatable bonds is 6. The van der Waals surface area contributed by atoms with E-state index in [-0.39, 0.29) is 0 Å². The van der Waals surface area contributed by atoms with Crippen LogP contribution in [0.3, 0.4) is 0 Å². The minimum absolute atomic E-state index is 0.483. The van der Waals surface area contributed by atoms with Gasteiger partial charge in [0.15, 0.2) is 0 Å². The van der Waals surface area contributed by atoms with Crippen LogP contribution in [0.25, 0.3) is 0 Å². The van der Waals surface area contributed by atoms with Gasteiger partial charge in [-0.2, -0.15) is 0 Å². The van der Waals surface area contributed by atoms with Crippen molar-refractivity contribution in [1.82, 2.24) is 0 Å². The first-order valence-corrected chi connectivity index (χ1v) is 7.62. The van der Waals surface area contributed by atoms with Crippen LogP contribution in [0.15, 0.2) is 0 Å². The van der Waals surface area contributed by atoms with Crippen molar-refractivity contribution in [3.05, 3.63) is 0 Å². The van der Waals surface area contributed by atoms with E-state index in [1.165, 1.54) is 51.4 Å². The van der Waals surface area contributed by atoms with Crippen LogP contribution < -0.4 is 0 Å². The van der Waals surface area contributed by atoms with Gasteiger partial charge in [-0.15, -0.1) is 0 Å². The zero-order valence-electron chi connectivity index (χ0n) is 11.5. The van der Waals surface area contributed by atoms with Crippen molar-refractivity contribution in [2.24, 2.45) is 0 Å². The summed E-state index contributed by atoms with van der Waals surface area (Å²) in [6.07, 6.45) is 13.2. The summed E-state index contributed by atoms with van der Waals surface area (Å²) in [6.45, 7) is 4.48. The molecule has 2 heterocycles.